The standard InChI is InChI=1S/C27H27F7N2O2S/c28-23-12-20-21(25(27(32,33)34)35-39(37,38)17-8-5-9-17)15-36(14-16-6-1-2-7-16)24(20)13-19(23)18-10-3-4-11-22(18)26(29,30)31/h3-4,10-13,15-17,25,35H,1-2,5-9,14H2/t25-/m0/s1. The van der Waals surface area contributed by atoms with Crippen LogP contribution in [0.1, 0.15) is 62.1 Å². The molecule has 39 heavy (non-hydrogen) atoms. The van der Waals surface area contributed by atoms with Crippen molar-refractivity contribution in [1.82, 2.24) is 9.29 Å². The lowest BCUT2D eigenvalue weighted by molar-refractivity contribution is -0.152. The number of nitrogens with one attached hydrogen (secondary N) is 1. The zero-order valence-electron chi connectivity index (χ0n) is 20.7. The van der Waals surface area contributed by atoms with Crippen molar-refractivity contribution in [2.24, 2.45) is 5.92 Å². The van der Waals surface area contributed by atoms with Crippen molar-refractivity contribution >= 4 is 20.9 Å². The Morgan fingerprint density at radius 3 is 2.18 bits per heavy atom. The third-order valence-corrected chi connectivity index (χ3v) is 9.78. The van der Waals surface area contributed by atoms with Gasteiger partial charge in [0, 0.05) is 34.8 Å². The molecule has 2 fully saturated rings. The number of hydrogen-bond acceptors (Lipinski definition) is 2. The van der Waals surface area contributed by atoms with E-state index in [2.05, 4.69) is 0 Å². The van der Waals surface area contributed by atoms with Crippen LogP contribution in [0, 0.1) is 11.7 Å². The van der Waals surface area contributed by atoms with E-state index in [4.69, 9.17) is 0 Å². The second-order valence-electron chi connectivity index (χ2n) is 10.5. The topological polar surface area (TPSA) is 51.1 Å². The summed E-state index contributed by atoms with van der Waals surface area (Å²) in [6, 6.07) is 3.72. The van der Waals surface area contributed by atoms with Crippen molar-refractivity contribution < 1.29 is 39.2 Å². The number of sulfonamides is 1. The third-order valence-electron chi connectivity index (χ3n) is 7.86. The molecule has 2 saturated carbocycles. The van der Waals surface area contributed by atoms with E-state index in [1.807, 2.05) is 4.72 Å². The maximum Gasteiger partial charge on any atom is 0.417 e. The molecule has 212 valence electrons. The quantitative estimate of drug-likeness (QED) is 0.293. The molecular weight excluding hydrogens is 549 g/mol. The summed E-state index contributed by atoms with van der Waals surface area (Å²) in [5.74, 6) is -1.01. The molecule has 1 atom stereocenters. The van der Waals surface area contributed by atoms with Crippen molar-refractivity contribution in [3.8, 4) is 11.1 Å². The van der Waals surface area contributed by atoms with Gasteiger partial charge < -0.3 is 4.57 Å². The second kappa shape index (κ2) is 10.1. The summed E-state index contributed by atoms with van der Waals surface area (Å²) in [7, 11) is -4.32. The first kappa shape index (κ1) is 27.9. The van der Waals surface area contributed by atoms with Gasteiger partial charge in [0.2, 0.25) is 10.0 Å². The highest BCUT2D eigenvalue weighted by atomic mass is 32.2. The van der Waals surface area contributed by atoms with Gasteiger partial charge in [0.25, 0.3) is 0 Å². The first-order chi connectivity index (χ1) is 18.3. The number of benzene rings is 2. The Morgan fingerprint density at radius 1 is 0.923 bits per heavy atom. The molecule has 1 aromatic heterocycles. The number of nitrogens with zero attached hydrogens (tertiary/aromatic N) is 1. The molecule has 0 radical (unpaired) electrons. The summed E-state index contributed by atoms with van der Waals surface area (Å²) >= 11 is 0. The van der Waals surface area contributed by atoms with E-state index in [0.717, 1.165) is 49.9 Å². The minimum atomic E-state index is -5.04. The van der Waals surface area contributed by atoms with E-state index in [9.17, 15) is 34.8 Å². The highest BCUT2D eigenvalue weighted by Gasteiger charge is 2.47. The molecular formula is C27H27F7N2O2S. The predicted octanol–water partition coefficient (Wildman–Crippen LogP) is 7.73. The van der Waals surface area contributed by atoms with E-state index < -0.39 is 61.7 Å². The van der Waals surface area contributed by atoms with Crippen LogP contribution in [-0.4, -0.2) is 24.4 Å². The van der Waals surface area contributed by atoms with Crippen LogP contribution in [0.15, 0.2) is 42.6 Å². The average molecular weight is 577 g/mol. The summed E-state index contributed by atoms with van der Waals surface area (Å²) in [5, 5.41) is -1.13. The van der Waals surface area contributed by atoms with Crippen LogP contribution in [0.25, 0.3) is 22.0 Å². The Balaban J connectivity index is 1.69. The average Bonchev–Trinajstić information content (AvgIpc) is 3.42. The second-order valence-corrected chi connectivity index (χ2v) is 12.5. The van der Waals surface area contributed by atoms with E-state index in [0.29, 0.717) is 6.42 Å². The van der Waals surface area contributed by atoms with Crippen LogP contribution in [0.5, 0.6) is 0 Å². The fraction of sp³-hybridized carbons (Fsp3) is 0.481. The maximum atomic E-state index is 15.5. The maximum absolute atomic E-state index is 15.5. The predicted molar refractivity (Wildman–Crippen MR) is 133 cm³/mol. The van der Waals surface area contributed by atoms with Gasteiger partial charge >= 0.3 is 12.4 Å². The molecule has 2 aliphatic carbocycles. The number of halogens is 7. The Labute approximate surface area is 221 Å². The molecule has 3 aromatic rings. The molecule has 0 saturated heterocycles. The van der Waals surface area contributed by atoms with Gasteiger partial charge in [0.05, 0.1) is 10.8 Å². The van der Waals surface area contributed by atoms with Crippen LogP contribution < -0.4 is 4.72 Å². The van der Waals surface area contributed by atoms with Gasteiger partial charge in [-0.05, 0) is 55.4 Å². The fourth-order valence-electron chi connectivity index (χ4n) is 5.61. The minimum Gasteiger partial charge on any atom is -0.347 e. The number of aromatic nitrogens is 1. The first-order valence-corrected chi connectivity index (χ1v) is 14.4. The summed E-state index contributed by atoms with van der Waals surface area (Å²) < 4.78 is 128. The van der Waals surface area contributed by atoms with Crippen molar-refractivity contribution in [3.63, 3.8) is 0 Å². The third kappa shape index (κ3) is 5.54. The van der Waals surface area contributed by atoms with Crippen LogP contribution in [0.3, 0.4) is 0 Å². The van der Waals surface area contributed by atoms with Gasteiger partial charge in [-0.1, -0.05) is 37.5 Å². The number of hydrogen-bond donors (Lipinski definition) is 1. The summed E-state index contributed by atoms with van der Waals surface area (Å²) in [5.41, 5.74) is -2.27. The smallest absolute Gasteiger partial charge is 0.347 e. The zero-order chi connectivity index (χ0) is 28.2. The van der Waals surface area contributed by atoms with Crippen molar-refractivity contribution in [2.75, 3.05) is 0 Å². The molecule has 12 heteroatoms. The minimum absolute atomic E-state index is 0.113. The number of fused-ring (bicyclic) bond motifs is 1. The highest BCUT2D eigenvalue weighted by molar-refractivity contribution is 7.90. The molecule has 0 spiro atoms. The Bertz CT molecular complexity index is 1470. The SMILES string of the molecule is O=S(=O)(N[C@@H](c1cn(CC2CCCC2)c2cc(-c3ccccc3C(F)(F)F)c(F)cc12)C(F)(F)F)C1CCC1. The molecule has 1 N–H and O–H groups in total. The molecule has 5 rings (SSSR count). The van der Waals surface area contributed by atoms with Gasteiger partial charge in [-0.3, -0.25) is 0 Å². The van der Waals surface area contributed by atoms with Crippen LogP contribution in [0.4, 0.5) is 30.7 Å². The lowest BCUT2D eigenvalue weighted by Crippen LogP contribution is -2.44. The molecule has 2 aromatic carbocycles. The molecule has 0 amide bonds. The molecule has 0 bridgehead atoms. The zero-order valence-corrected chi connectivity index (χ0v) is 21.6. The Hall–Kier alpha value is -2.60. The van der Waals surface area contributed by atoms with Crippen LogP contribution in [-0.2, 0) is 22.7 Å². The molecule has 0 unspecified atom stereocenters. The lowest BCUT2D eigenvalue weighted by atomic mass is 9.96. The van der Waals surface area contributed by atoms with Gasteiger partial charge in [0.1, 0.15) is 11.9 Å². The normalized spacial score (nSPS) is 18.5. The van der Waals surface area contributed by atoms with Gasteiger partial charge in [-0.25, -0.2) is 12.8 Å². The Morgan fingerprint density at radius 2 is 1.59 bits per heavy atom. The van der Waals surface area contributed by atoms with Gasteiger partial charge in [-0.15, -0.1) is 0 Å². The van der Waals surface area contributed by atoms with Crippen LogP contribution >= 0.6 is 0 Å². The Kier molecular flexibility index (Phi) is 7.24. The highest BCUT2D eigenvalue weighted by Crippen LogP contribution is 2.43. The first-order valence-electron chi connectivity index (χ1n) is 12.8. The van der Waals surface area contributed by atoms with Crippen molar-refractivity contribution in [1.29, 1.82) is 0 Å². The van der Waals surface area contributed by atoms with E-state index >= 15 is 4.39 Å². The number of alkyl halides is 6. The van der Waals surface area contributed by atoms with Crippen LogP contribution in [0.2, 0.25) is 0 Å². The fourth-order valence-corrected chi connectivity index (χ4v) is 7.35. The van der Waals surface area contributed by atoms with E-state index in [1.165, 1.54) is 22.9 Å². The van der Waals surface area contributed by atoms with E-state index in [1.54, 1.807) is 0 Å². The van der Waals surface area contributed by atoms with Crippen molar-refractivity contribution in [2.45, 2.75) is 75.1 Å². The number of rotatable bonds is 7. The van der Waals surface area contributed by atoms with Gasteiger partial charge in [-0.2, -0.15) is 31.1 Å². The van der Waals surface area contributed by atoms with E-state index in [-0.39, 0.29) is 36.2 Å². The summed E-state index contributed by atoms with van der Waals surface area (Å²) in [4.78, 5) is 0. The molecule has 0 aliphatic heterocycles. The molecule has 1 heterocycles. The largest absolute Gasteiger partial charge is 0.417 e. The van der Waals surface area contributed by atoms with Crippen molar-refractivity contribution in [3.05, 3.63) is 59.5 Å². The molecule has 2 aliphatic rings. The summed E-state index contributed by atoms with van der Waals surface area (Å²) in [6.07, 6.45) is -4.01. The van der Waals surface area contributed by atoms with Gasteiger partial charge in [0.15, 0.2) is 0 Å². The molecule has 4 nitrogen and oxygen atoms in total. The summed E-state index contributed by atoms with van der Waals surface area (Å²) in [6.45, 7) is 0.280. The lowest BCUT2D eigenvalue weighted by Gasteiger charge is -2.29. The monoisotopic (exact) mass is 576 g/mol.